The van der Waals surface area contributed by atoms with Crippen LogP contribution in [0.4, 0.5) is 4.39 Å². The molecule has 98 valence electrons. The first-order valence-corrected chi connectivity index (χ1v) is 6.08. The molecule has 1 saturated carbocycles. The van der Waals surface area contributed by atoms with Gasteiger partial charge >= 0.3 is 0 Å². The lowest BCUT2D eigenvalue weighted by atomic mass is 10.1. The van der Waals surface area contributed by atoms with Gasteiger partial charge in [0.05, 0.1) is 12.7 Å². The Bertz CT molecular complexity index is 443. The Hall–Kier alpha value is -1.62. The molecule has 2 rings (SSSR count). The minimum Gasteiger partial charge on any atom is -0.409 e. The highest BCUT2D eigenvalue weighted by molar-refractivity contribution is 5.98. The van der Waals surface area contributed by atoms with Gasteiger partial charge in [0.1, 0.15) is 5.82 Å². The highest BCUT2D eigenvalue weighted by atomic mass is 19.1. The van der Waals surface area contributed by atoms with Crippen molar-refractivity contribution in [1.82, 2.24) is 0 Å². The zero-order chi connectivity index (χ0) is 13.0. The Balaban J connectivity index is 2.10. The van der Waals surface area contributed by atoms with E-state index < -0.39 is 5.82 Å². The van der Waals surface area contributed by atoms with Crippen LogP contribution in [0.15, 0.2) is 23.4 Å². The molecular formula is C13H17FN2O2. The lowest BCUT2D eigenvalue weighted by Crippen LogP contribution is -2.17. The van der Waals surface area contributed by atoms with Gasteiger partial charge in [0.25, 0.3) is 0 Å². The molecule has 0 aromatic heterocycles. The third kappa shape index (κ3) is 2.98. The summed E-state index contributed by atoms with van der Waals surface area (Å²) in [4.78, 5) is 0. The number of oxime groups is 1. The Morgan fingerprint density at radius 3 is 2.83 bits per heavy atom. The number of ether oxygens (including phenoxy) is 1. The lowest BCUT2D eigenvalue weighted by Gasteiger charge is -2.13. The average Bonchev–Trinajstić information content (AvgIpc) is 2.89. The minimum atomic E-state index is -0.416. The standard InChI is InChI=1S/C13H17FN2O2/c14-10-6-5-9(12(7-10)13(15)16-17)8-18-11-3-1-2-4-11/h5-7,11,17H,1-4,8H2,(H2,15,16). The van der Waals surface area contributed by atoms with E-state index in [0.29, 0.717) is 12.2 Å². The first-order chi connectivity index (χ1) is 8.70. The second-order valence-corrected chi connectivity index (χ2v) is 4.50. The zero-order valence-corrected chi connectivity index (χ0v) is 10.1. The maximum absolute atomic E-state index is 13.2. The van der Waals surface area contributed by atoms with Crippen LogP contribution in [0, 0.1) is 5.82 Å². The summed E-state index contributed by atoms with van der Waals surface area (Å²) in [6.07, 6.45) is 4.80. The van der Waals surface area contributed by atoms with Crippen molar-refractivity contribution in [3.63, 3.8) is 0 Å². The van der Waals surface area contributed by atoms with Crippen molar-refractivity contribution in [2.24, 2.45) is 10.9 Å². The van der Waals surface area contributed by atoms with Crippen LogP contribution < -0.4 is 5.73 Å². The van der Waals surface area contributed by atoms with Crippen molar-refractivity contribution in [2.45, 2.75) is 38.4 Å². The summed E-state index contributed by atoms with van der Waals surface area (Å²) in [5.41, 5.74) is 6.65. The quantitative estimate of drug-likeness (QED) is 0.374. The highest BCUT2D eigenvalue weighted by Crippen LogP contribution is 2.23. The smallest absolute Gasteiger partial charge is 0.170 e. The van der Waals surface area contributed by atoms with E-state index in [2.05, 4.69) is 5.16 Å². The van der Waals surface area contributed by atoms with Gasteiger partial charge in [-0.05, 0) is 30.5 Å². The van der Waals surface area contributed by atoms with E-state index >= 15 is 0 Å². The second-order valence-electron chi connectivity index (χ2n) is 4.50. The fourth-order valence-corrected chi connectivity index (χ4v) is 2.23. The van der Waals surface area contributed by atoms with Crippen molar-refractivity contribution in [3.8, 4) is 0 Å². The number of rotatable bonds is 4. The number of nitrogens with two attached hydrogens (primary N) is 1. The topological polar surface area (TPSA) is 67.8 Å². The van der Waals surface area contributed by atoms with Gasteiger partial charge in [-0.15, -0.1) is 0 Å². The summed E-state index contributed by atoms with van der Waals surface area (Å²) in [6, 6.07) is 4.21. The lowest BCUT2D eigenvalue weighted by molar-refractivity contribution is 0.0456. The molecule has 3 N–H and O–H groups in total. The fraction of sp³-hybridized carbons (Fsp3) is 0.462. The van der Waals surface area contributed by atoms with Crippen LogP contribution in [0.2, 0.25) is 0 Å². The largest absolute Gasteiger partial charge is 0.409 e. The van der Waals surface area contributed by atoms with Gasteiger partial charge in [-0.25, -0.2) is 4.39 Å². The van der Waals surface area contributed by atoms with Crippen LogP contribution in [-0.4, -0.2) is 17.1 Å². The Kier molecular flexibility index (Phi) is 4.15. The fourth-order valence-electron chi connectivity index (χ4n) is 2.23. The maximum atomic E-state index is 13.2. The molecule has 0 radical (unpaired) electrons. The SMILES string of the molecule is N/C(=N/O)c1cc(F)ccc1COC1CCCC1. The van der Waals surface area contributed by atoms with E-state index in [1.54, 1.807) is 6.07 Å². The third-order valence-electron chi connectivity index (χ3n) is 3.23. The molecule has 0 saturated heterocycles. The summed E-state index contributed by atoms with van der Waals surface area (Å²) in [5, 5.41) is 11.6. The number of halogens is 1. The van der Waals surface area contributed by atoms with Crippen LogP contribution in [-0.2, 0) is 11.3 Å². The predicted octanol–water partition coefficient (Wildman–Crippen LogP) is 2.38. The number of hydrogen-bond acceptors (Lipinski definition) is 3. The maximum Gasteiger partial charge on any atom is 0.170 e. The van der Waals surface area contributed by atoms with Crippen LogP contribution in [0.3, 0.4) is 0 Å². The molecule has 0 atom stereocenters. The van der Waals surface area contributed by atoms with E-state index in [1.807, 2.05) is 0 Å². The molecule has 1 aromatic carbocycles. The number of amidine groups is 1. The third-order valence-corrected chi connectivity index (χ3v) is 3.23. The summed E-state index contributed by atoms with van der Waals surface area (Å²) >= 11 is 0. The van der Waals surface area contributed by atoms with Gasteiger partial charge in [-0.1, -0.05) is 24.1 Å². The van der Waals surface area contributed by atoms with E-state index in [9.17, 15) is 4.39 Å². The number of hydrogen-bond donors (Lipinski definition) is 2. The molecule has 0 amide bonds. The van der Waals surface area contributed by atoms with Crippen molar-refractivity contribution in [1.29, 1.82) is 0 Å². The van der Waals surface area contributed by atoms with Crippen LogP contribution >= 0.6 is 0 Å². The van der Waals surface area contributed by atoms with Crippen LogP contribution in [0.5, 0.6) is 0 Å². The van der Waals surface area contributed by atoms with Gasteiger partial charge < -0.3 is 15.7 Å². The average molecular weight is 252 g/mol. The molecule has 0 bridgehead atoms. The monoisotopic (exact) mass is 252 g/mol. The van der Waals surface area contributed by atoms with Gasteiger partial charge in [0, 0.05) is 5.56 Å². The van der Waals surface area contributed by atoms with Crippen molar-refractivity contribution < 1.29 is 14.3 Å². The predicted molar refractivity (Wildman–Crippen MR) is 66.0 cm³/mol. The Morgan fingerprint density at radius 2 is 2.17 bits per heavy atom. The molecule has 0 aliphatic heterocycles. The van der Waals surface area contributed by atoms with E-state index in [1.165, 1.54) is 25.0 Å². The molecular weight excluding hydrogens is 235 g/mol. The first-order valence-electron chi connectivity index (χ1n) is 6.08. The molecule has 1 aliphatic carbocycles. The van der Waals surface area contributed by atoms with Gasteiger partial charge in [-0.2, -0.15) is 0 Å². The highest BCUT2D eigenvalue weighted by Gasteiger charge is 2.16. The second kappa shape index (κ2) is 5.82. The van der Waals surface area contributed by atoms with E-state index in [-0.39, 0.29) is 11.9 Å². The van der Waals surface area contributed by atoms with Crippen molar-refractivity contribution >= 4 is 5.84 Å². The molecule has 1 aromatic rings. The van der Waals surface area contributed by atoms with E-state index in [4.69, 9.17) is 15.7 Å². The van der Waals surface area contributed by atoms with E-state index in [0.717, 1.165) is 18.4 Å². The number of benzene rings is 1. The summed E-state index contributed by atoms with van der Waals surface area (Å²) in [6.45, 7) is 0.358. The molecule has 18 heavy (non-hydrogen) atoms. The first kappa shape index (κ1) is 12.8. The molecule has 1 fully saturated rings. The normalized spacial score (nSPS) is 17.3. The molecule has 4 nitrogen and oxygen atoms in total. The van der Waals surface area contributed by atoms with Crippen molar-refractivity contribution in [2.75, 3.05) is 0 Å². The Labute approximate surface area is 105 Å². The zero-order valence-electron chi connectivity index (χ0n) is 10.1. The minimum absolute atomic E-state index is 0.0977. The molecule has 1 aliphatic rings. The van der Waals surface area contributed by atoms with Gasteiger partial charge in [0.15, 0.2) is 5.84 Å². The molecule has 0 heterocycles. The molecule has 0 spiro atoms. The van der Waals surface area contributed by atoms with Crippen molar-refractivity contribution in [3.05, 3.63) is 35.1 Å². The van der Waals surface area contributed by atoms with Gasteiger partial charge in [0.2, 0.25) is 0 Å². The van der Waals surface area contributed by atoms with Crippen LogP contribution in [0.25, 0.3) is 0 Å². The summed E-state index contributed by atoms with van der Waals surface area (Å²) in [7, 11) is 0. The summed E-state index contributed by atoms with van der Waals surface area (Å²) in [5.74, 6) is -0.513. The summed E-state index contributed by atoms with van der Waals surface area (Å²) < 4.78 is 18.9. The number of nitrogens with zero attached hydrogens (tertiary/aromatic N) is 1. The molecule has 0 unspecified atom stereocenters. The molecule has 5 heteroatoms. The van der Waals surface area contributed by atoms with Gasteiger partial charge in [-0.3, -0.25) is 0 Å². The Morgan fingerprint density at radius 1 is 1.44 bits per heavy atom. The van der Waals surface area contributed by atoms with Crippen LogP contribution in [0.1, 0.15) is 36.8 Å².